The second kappa shape index (κ2) is 9.63. The lowest BCUT2D eigenvalue weighted by molar-refractivity contribution is -0.134. The first kappa shape index (κ1) is 22.2. The third kappa shape index (κ3) is 5.25. The molecule has 3 heterocycles. The highest BCUT2D eigenvalue weighted by Gasteiger charge is 2.27. The maximum Gasteiger partial charge on any atom is 0.242 e. The van der Waals surface area contributed by atoms with Crippen molar-refractivity contribution in [3.63, 3.8) is 0 Å². The normalized spacial score (nSPS) is 22.8. The summed E-state index contributed by atoms with van der Waals surface area (Å²) in [6, 6.07) is 7.92. The van der Waals surface area contributed by atoms with Crippen LogP contribution in [0.15, 0.2) is 29.4 Å². The number of thioether (sulfide) groups is 1. The van der Waals surface area contributed by atoms with Gasteiger partial charge in [-0.05, 0) is 49.1 Å². The highest BCUT2D eigenvalue weighted by molar-refractivity contribution is 7.99. The van der Waals surface area contributed by atoms with Gasteiger partial charge < -0.3 is 14.4 Å². The number of benzene rings is 1. The van der Waals surface area contributed by atoms with Crippen LogP contribution >= 0.6 is 11.8 Å². The van der Waals surface area contributed by atoms with Crippen LogP contribution in [0.3, 0.4) is 0 Å². The van der Waals surface area contributed by atoms with E-state index < -0.39 is 0 Å². The molecule has 2 aromatic rings. The van der Waals surface area contributed by atoms with E-state index in [0.29, 0.717) is 23.5 Å². The maximum absolute atomic E-state index is 13.2. The first-order valence-corrected chi connectivity index (χ1v) is 12.5. The van der Waals surface area contributed by atoms with Crippen molar-refractivity contribution >= 4 is 34.6 Å². The van der Waals surface area contributed by atoms with Crippen LogP contribution in [0, 0.1) is 17.8 Å². The zero-order chi connectivity index (χ0) is 22.0. The maximum atomic E-state index is 13.2. The summed E-state index contributed by atoms with van der Waals surface area (Å²) >= 11 is 1.45. The Morgan fingerprint density at radius 1 is 0.968 bits per heavy atom. The minimum absolute atomic E-state index is 0.139. The molecule has 2 aliphatic heterocycles. The van der Waals surface area contributed by atoms with Gasteiger partial charge in [0.05, 0.1) is 16.8 Å². The first-order chi connectivity index (χ1) is 14.9. The van der Waals surface area contributed by atoms with Crippen LogP contribution in [-0.4, -0.2) is 63.1 Å². The zero-order valence-electron chi connectivity index (χ0n) is 18.9. The summed E-state index contributed by atoms with van der Waals surface area (Å²) < 4.78 is 2.00. The summed E-state index contributed by atoms with van der Waals surface area (Å²) in [6.45, 7) is 10.3. The van der Waals surface area contributed by atoms with E-state index in [1.54, 1.807) is 0 Å². The predicted molar refractivity (Wildman–Crippen MR) is 125 cm³/mol. The van der Waals surface area contributed by atoms with Crippen molar-refractivity contribution in [2.75, 3.05) is 31.9 Å². The standard InChI is InChI=1S/C24H34N4O2S/c1-17-8-10-26(11-9-17)23(30)16-31-24-25-20-6-4-5-7-21(20)28(24)15-22(29)27-13-18(2)12-19(3)14-27/h4-7,17-19H,8-16H2,1-3H3/t18-,19+. The molecule has 31 heavy (non-hydrogen) atoms. The van der Waals surface area contributed by atoms with E-state index in [9.17, 15) is 9.59 Å². The molecular formula is C24H34N4O2S. The molecule has 1 aromatic heterocycles. The Hall–Kier alpha value is -2.02. The van der Waals surface area contributed by atoms with Crippen molar-refractivity contribution in [2.45, 2.75) is 51.7 Å². The van der Waals surface area contributed by atoms with Crippen LogP contribution in [0.1, 0.15) is 40.0 Å². The first-order valence-electron chi connectivity index (χ1n) is 11.5. The Morgan fingerprint density at radius 3 is 2.35 bits per heavy atom. The molecule has 2 aliphatic rings. The molecule has 0 saturated carbocycles. The number of hydrogen-bond donors (Lipinski definition) is 0. The van der Waals surface area contributed by atoms with E-state index in [1.165, 1.54) is 18.2 Å². The summed E-state index contributed by atoms with van der Waals surface area (Å²) in [5.41, 5.74) is 1.83. The number of imidazole rings is 1. The third-order valence-electron chi connectivity index (χ3n) is 6.60. The fourth-order valence-electron chi connectivity index (χ4n) is 4.89. The lowest BCUT2D eigenvalue weighted by Gasteiger charge is -2.35. The molecule has 4 rings (SSSR count). The molecular weight excluding hydrogens is 408 g/mol. The highest BCUT2D eigenvalue weighted by Crippen LogP contribution is 2.27. The molecule has 0 unspecified atom stereocenters. The largest absolute Gasteiger partial charge is 0.342 e. The van der Waals surface area contributed by atoms with Crippen molar-refractivity contribution < 1.29 is 9.59 Å². The smallest absolute Gasteiger partial charge is 0.242 e. The molecule has 2 amide bonds. The Balaban J connectivity index is 1.48. The van der Waals surface area contributed by atoms with Gasteiger partial charge in [-0.1, -0.05) is 44.7 Å². The highest BCUT2D eigenvalue weighted by atomic mass is 32.2. The summed E-state index contributed by atoms with van der Waals surface area (Å²) in [4.78, 5) is 34.6. The molecule has 0 bridgehead atoms. The molecule has 1 aromatic carbocycles. The average Bonchev–Trinajstić information content (AvgIpc) is 3.09. The van der Waals surface area contributed by atoms with Crippen molar-refractivity contribution in [3.05, 3.63) is 24.3 Å². The Morgan fingerprint density at radius 2 is 1.65 bits per heavy atom. The second-order valence-electron chi connectivity index (χ2n) is 9.57. The molecule has 6 nitrogen and oxygen atoms in total. The molecule has 2 atom stereocenters. The summed E-state index contributed by atoms with van der Waals surface area (Å²) in [5.74, 6) is 2.44. The second-order valence-corrected chi connectivity index (χ2v) is 10.5. The fraction of sp³-hybridized carbons (Fsp3) is 0.625. The number of carbonyl (C=O) groups is 2. The zero-order valence-corrected chi connectivity index (χ0v) is 19.7. The Bertz CT molecular complexity index is 925. The SMILES string of the molecule is CC1CCN(C(=O)CSc2nc3ccccc3n2CC(=O)N2C[C@H](C)C[C@H](C)C2)CC1. The van der Waals surface area contributed by atoms with Crippen molar-refractivity contribution in [1.82, 2.24) is 19.4 Å². The number of nitrogens with zero attached hydrogens (tertiary/aromatic N) is 4. The number of carbonyl (C=O) groups excluding carboxylic acids is 2. The number of fused-ring (bicyclic) bond motifs is 1. The van der Waals surface area contributed by atoms with Gasteiger partial charge in [0.2, 0.25) is 11.8 Å². The van der Waals surface area contributed by atoms with E-state index in [-0.39, 0.29) is 18.4 Å². The van der Waals surface area contributed by atoms with Crippen LogP contribution in [0.4, 0.5) is 0 Å². The Labute approximate surface area is 189 Å². The van der Waals surface area contributed by atoms with Gasteiger partial charge in [0.25, 0.3) is 0 Å². The van der Waals surface area contributed by atoms with Crippen molar-refractivity contribution in [1.29, 1.82) is 0 Å². The molecule has 0 N–H and O–H groups in total. The number of likely N-dealkylation sites (tertiary alicyclic amines) is 2. The third-order valence-corrected chi connectivity index (χ3v) is 7.56. The monoisotopic (exact) mass is 442 g/mol. The predicted octanol–water partition coefficient (Wildman–Crippen LogP) is 3.89. The lowest BCUT2D eigenvalue weighted by Crippen LogP contribution is -2.44. The lowest BCUT2D eigenvalue weighted by atomic mass is 9.92. The number of rotatable bonds is 5. The van der Waals surface area contributed by atoms with Gasteiger partial charge in [-0.15, -0.1) is 0 Å². The molecule has 2 saturated heterocycles. The molecule has 0 spiro atoms. The van der Waals surface area contributed by atoms with Gasteiger partial charge in [0, 0.05) is 26.2 Å². The number of hydrogen-bond acceptors (Lipinski definition) is 4. The van der Waals surface area contributed by atoms with Gasteiger partial charge in [-0.3, -0.25) is 9.59 Å². The molecule has 7 heteroatoms. The van der Waals surface area contributed by atoms with E-state index in [1.807, 2.05) is 38.6 Å². The minimum Gasteiger partial charge on any atom is -0.342 e. The van der Waals surface area contributed by atoms with Crippen LogP contribution in [0.25, 0.3) is 11.0 Å². The molecule has 0 aliphatic carbocycles. The minimum atomic E-state index is 0.139. The summed E-state index contributed by atoms with van der Waals surface area (Å²) in [7, 11) is 0. The van der Waals surface area contributed by atoms with E-state index in [0.717, 1.165) is 55.2 Å². The van der Waals surface area contributed by atoms with Crippen LogP contribution in [0.5, 0.6) is 0 Å². The topological polar surface area (TPSA) is 58.4 Å². The average molecular weight is 443 g/mol. The van der Waals surface area contributed by atoms with E-state index >= 15 is 0 Å². The van der Waals surface area contributed by atoms with Crippen molar-refractivity contribution in [3.8, 4) is 0 Å². The molecule has 0 radical (unpaired) electrons. The van der Waals surface area contributed by atoms with Gasteiger partial charge >= 0.3 is 0 Å². The number of piperidine rings is 2. The number of aromatic nitrogens is 2. The number of amides is 2. The van der Waals surface area contributed by atoms with Gasteiger partial charge in [0.15, 0.2) is 5.16 Å². The van der Waals surface area contributed by atoms with Gasteiger partial charge in [0.1, 0.15) is 6.54 Å². The van der Waals surface area contributed by atoms with Crippen LogP contribution in [0.2, 0.25) is 0 Å². The van der Waals surface area contributed by atoms with Crippen molar-refractivity contribution in [2.24, 2.45) is 17.8 Å². The fourth-order valence-corrected chi connectivity index (χ4v) is 5.81. The number of para-hydroxylation sites is 2. The van der Waals surface area contributed by atoms with Crippen LogP contribution in [-0.2, 0) is 16.1 Å². The van der Waals surface area contributed by atoms with E-state index in [4.69, 9.17) is 4.98 Å². The quantitative estimate of drug-likeness (QED) is 0.659. The molecule has 168 valence electrons. The summed E-state index contributed by atoms with van der Waals surface area (Å²) in [5, 5.41) is 0.756. The van der Waals surface area contributed by atoms with Gasteiger partial charge in [-0.25, -0.2) is 4.98 Å². The van der Waals surface area contributed by atoms with E-state index in [2.05, 4.69) is 20.8 Å². The van der Waals surface area contributed by atoms with Crippen LogP contribution < -0.4 is 0 Å². The van der Waals surface area contributed by atoms with Gasteiger partial charge in [-0.2, -0.15) is 0 Å². The molecule has 2 fully saturated rings. The Kier molecular flexibility index (Phi) is 6.89. The summed E-state index contributed by atoms with van der Waals surface area (Å²) in [6.07, 6.45) is 3.34.